The summed E-state index contributed by atoms with van der Waals surface area (Å²) in [6.45, 7) is 8.25. The van der Waals surface area contributed by atoms with Crippen LogP contribution in [0.15, 0.2) is 0 Å². The molecule has 3 N–H and O–H groups in total. The first-order chi connectivity index (χ1) is 8.70. The number of aryl methyl sites for hydroxylation is 1. The van der Waals surface area contributed by atoms with Gasteiger partial charge in [0, 0.05) is 13.1 Å². The monoisotopic (exact) mass is 285 g/mol. The molecule has 1 aliphatic rings. The molecule has 0 spiro atoms. The summed E-state index contributed by atoms with van der Waals surface area (Å²) in [6.07, 6.45) is -0.536. The Balaban J connectivity index is 2.06. The second kappa shape index (κ2) is 4.73. The van der Waals surface area contributed by atoms with Crippen LogP contribution in [0.3, 0.4) is 0 Å². The average Bonchev–Trinajstić information content (AvgIpc) is 2.53. The van der Waals surface area contributed by atoms with Crippen molar-refractivity contribution in [3.63, 3.8) is 0 Å². The van der Waals surface area contributed by atoms with E-state index in [2.05, 4.69) is 15.6 Å². The van der Waals surface area contributed by atoms with E-state index in [-0.39, 0.29) is 0 Å². The summed E-state index contributed by atoms with van der Waals surface area (Å²) >= 11 is 1.28. The molecule has 2 heterocycles. The second-order valence-electron chi connectivity index (χ2n) is 5.70. The Labute approximate surface area is 116 Å². The summed E-state index contributed by atoms with van der Waals surface area (Å²) in [5.74, 6) is 0. The van der Waals surface area contributed by atoms with Crippen LogP contribution in [-0.2, 0) is 10.3 Å². The fourth-order valence-corrected chi connectivity index (χ4v) is 2.83. The van der Waals surface area contributed by atoms with Gasteiger partial charge in [0.15, 0.2) is 5.13 Å². The minimum absolute atomic E-state index is 0.446. The summed E-state index contributed by atoms with van der Waals surface area (Å²) < 4.78 is 5.16. The number of amides is 1. The van der Waals surface area contributed by atoms with Crippen LogP contribution in [-0.4, -0.2) is 34.9 Å². The summed E-state index contributed by atoms with van der Waals surface area (Å²) in [4.78, 5) is 16.7. The molecule has 1 saturated heterocycles. The quantitative estimate of drug-likeness (QED) is 0.768. The molecule has 0 aliphatic carbocycles. The molecule has 7 heteroatoms. The maximum atomic E-state index is 11.6. The van der Waals surface area contributed by atoms with E-state index < -0.39 is 17.3 Å². The fourth-order valence-electron chi connectivity index (χ4n) is 1.79. The summed E-state index contributed by atoms with van der Waals surface area (Å²) in [7, 11) is 0. The van der Waals surface area contributed by atoms with Gasteiger partial charge in [0.25, 0.3) is 0 Å². The predicted octanol–water partition coefficient (Wildman–Crippen LogP) is 1.59. The zero-order valence-electron chi connectivity index (χ0n) is 11.5. The number of rotatable bonds is 2. The van der Waals surface area contributed by atoms with Crippen molar-refractivity contribution in [2.75, 3.05) is 18.4 Å². The molecule has 1 amide bonds. The molecule has 0 aromatic carbocycles. The van der Waals surface area contributed by atoms with Gasteiger partial charge in [-0.1, -0.05) is 11.3 Å². The standard InChI is InChI=1S/C12H19N3O3S/c1-7-8(12(17)5-13-6-12)19-9(14-7)15-10(16)18-11(2,3)4/h13,17H,5-6H2,1-4H3,(H,14,15,16). The van der Waals surface area contributed by atoms with Crippen molar-refractivity contribution in [1.29, 1.82) is 0 Å². The maximum Gasteiger partial charge on any atom is 0.413 e. The highest BCUT2D eigenvalue weighted by Crippen LogP contribution is 2.35. The Hall–Kier alpha value is -1.18. The number of hydrogen-bond donors (Lipinski definition) is 3. The van der Waals surface area contributed by atoms with Crippen molar-refractivity contribution >= 4 is 22.6 Å². The van der Waals surface area contributed by atoms with Crippen LogP contribution in [0.2, 0.25) is 0 Å². The number of aromatic nitrogens is 1. The minimum Gasteiger partial charge on any atom is -0.444 e. The van der Waals surface area contributed by atoms with Crippen LogP contribution < -0.4 is 10.6 Å². The number of carbonyl (C=O) groups excluding carboxylic acids is 1. The fraction of sp³-hybridized carbons (Fsp3) is 0.667. The van der Waals surface area contributed by atoms with Crippen LogP contribution in [0.1, 0.15) is 31.3 Å². The SMILES string of the molecule is Cc1nc(NC(=O)OC(C)(C)C)sc1C1(O)CNC1. The first-order valence-corrected chi connectivity index (χ1v) is 6.92. The Bertz CT molecular complexity index is 489. The molecule has 2 rings (SSSR count). The number of hydrogen-bond acceptors (Lipinski definition) is 6. The molecule has 6 nitrogen and oxygen atoms in total. The lowest BCUT2D eigenvalue weighted by molar-refractivity contribution is -0.0119. The highest BCUT2D eigenvalue weighted by Gasteiger charge is 2.39. The van der Waals surface area contributed by atoms with Crippen molar-refractivity contribution in [1.82, 2.24) is 10.3 Å². The van der Waals surface area contributed by atoms with Crippen molar-refractivity contribution in [2.45, 2.75) is 38.9 Å². The summed E-state index contributed by atoms with van der Waals surface area (Å²) in [5.41, 5.74) is -0.662. The molecular formula is C12H19N3O3S. The number of thiazole rings is 1. The third-order valence-corrected chi connectivity index (χ3v) is 3.93. The molecule has 1 aromatic rings. The lowest BCUT2D eigenvalue weighted by Gasteiger charge is -2.36. The number of carbonyl (C=O) groups is 1. The van der Waals surface area contributed by atoms with Gasteiger partial charge in [-0.15, -0.1) is 0 Å². The van der Waals surface area contributed by atoms with E-state index in [1.807, 2.05) is 6.92 Å². The van der Waals surface area contributed by atoms with Gasteiger partial charge in [0.2, 0.25) is 0 Å². The maximum absolute atomic E-state index is 11.6. The van der Waals surface area contributed by atoms with Gasteiger partial charge in [-0.2, -0.15) is 0 Å². The topological polar surface area (TPSA) is 83.5 Å². The molecule has 19 heavy (non-hydrogen) atoms. The van der Waals surface area contributed by atoms with Crippen LogP contribution in [0.5, 0.6) is 0 Å². The smallest absolute Gasteiger partial charge is 0.413 e. The molecule has 0 bridgehead atoms. The first kappa shape index (κ1) is 14.2. The molecular weight excluding hydrogens is 266 g/mol. The molecule has 0 saturated carbocycles. The van der Waals surface area contributed by atoms with Crippen molar-refractivity contribution in [3.05, 3.63) is 10.6 Å². The molecule has 106 valence electrons. The lowest BCUT2D eigenvalue weighted by atomic mass is 9.94. The van der Waals surface area contributed by atoms with E-state index in [0.717, 1.165) is 10.6 Å². The molecule has 0 atom stereocenters. The number of aliphatic hydroxyl groups is 1. The van der Waals surface area contributed by atoms with E-state index in [4.69, 9.17) is 4.74 Å². The van der Waals surface area contributed by atoms with Gasteiger partial charge in [-0.3, -0.25) is 5.32 Å². The van der Waals surface area contributed by atoms with Gasteiger partial charge in [0.1, 0.15) is 11.2 Å². The third-order valence-electron chi connectivity index (χ3n) is 2.66. The van der Waals surface area contributed by atoms with Gasteiger partial charge in [-0.25, -0.2) is 9.78 Å². The highest BCUT2D eigenvalue weighted by atomic mass is 32.1. The zero-order valence-corrected chi connectivity index (χ0v) is 12.3. The average molecular weight is 285 g/mol. The number of ether oxygens (including phenoxy) is 1. The molecule has 0 unspecified atom stereocenters. The Kier molecular flexibility index (Phi) is 3.55. The molecule has 1 aliphatic heterocycles. The van der Waals surface area contributed by atoms with Crippen molar-refractivity contribution in [3.8, 4) is 0 Å². The van der Waals surface area contributed by atoms with E-state index in [9.17, 15) is 9.90 Å². The van der Waals surface area contributed by atoms with Gasteiger partial charge < -0.3 is 15.2 Å². The third kappa shape index (κ3) is 3.23. The number of nitrogens with zero attached hydrogens (tertiary/aromatic N) is 1. The predicted molar refractivity (Wildman–Crippen MR) is 73.5 cm³/mol. The van der Waals surface area contributed by atoms with E-state index >= 15 is 0 Å². The summed E-state index contributed by atoms with van der Waals surface area (Å²) in [6, 6.07) is 0. The Morgan fingerprint density at radius 2 is 2.16 bits per heavy atom. The number of nitrogens with one attached hydrogen (secondary N) is 2. The van der Waals surface area contributed by atoms with Crippen LogP contribution in [0, 0.1) is 6.92 Å². The van der Waals surface area contributed by atoms with Crippen molar-refractivity contribution < 1.29 is 14.6 Å². The van der Waals surface area contributed by atoms with Gasteiger partial charge >= 0.3 is 6.09 Å². The van der Waals surface area contributed by atoms with Crippen LogP contribution in [0.25, 0.3) is 0 Å². The van der Waals surface area contributed by atoms with E-state index in [1.54, 1.807) is 20.8 Å². The highest BCUT2D eigenvalue weighted by molar-refractivity contribution is 7.16. The van der Waals surface area contributed by atoms with E-state index in [0.29, 0.717) is 18.2 Å². The first-order valence-electron chi connectivity index (χ1n) is 6.11. The molecule has 1 aromatic heterocycles. The Morgan fingerprint density at radius 1 is 1.53 bits per heavy atom. The van der Waals surface area contributed by atoms with E-state index in [1.165, 1.54) is 11.3 Å². The van der Waals surface area contributed by atoms with Gasteiger partial charge in [-0.05, 0) is 27.7 Å². The molecule has 0 radical (unpaired) electrons. The number of anilines is 1. The van der Waals surface area contributed by atoms with Gasteiger partial charge in [0.05, 0.1) is 10.6 Å². The lowest BCUT2D eigenvalue weighted by Crippen LogP contribution is -2.56. The normalized spacial score (nSPS) is 17.7. The number of β-amino-alcohol motifs (C(OH)–C–C–N with tert-alkyl or cyclic N) is 1. The summed E-state index contributed by atoms with van der Waals surface area (Å²) in [5, 5.41) is 16.3. The minimum atomic E-state index is -0.852. The Morgan fingerprint density at radius 3 is 2.63 bits per heavy atom. The van der Waals surface area contributed by atoms with Crippen LogP contribution in [0.4, 0.5) is 9.93 Å². The second-order valence-corrected chi connectivity index (χ2v) is 6.69. The van der Waals surface area contributed by atoms with Crippen LogP contribution >= 0.6 is 11.3 Å². The largest absolute Gasteiger partial charge is 0.444 e. The van der Waals surface area contributed by atoms with Crippen molar-refractivity contribution in [2.24, 2.45) is 0 Å². The molecule has 1 fully saturated rings. The zero-order chi connectivity index (χ0) is 14.3.